The average Bonchev–Trinajstić information content (AvgIpc) is 2.51. The van der Waals surface area contributed by atoms with Crippen molar-refractivity contribution in [2.75, 3.05) is 6.54 Å². The lowest BCUT2D eigenvalue weighted by molar-refractivity contribution is -0.125. The van der Waals surface area contributed by atoms with Crippen molar-refractivity contribution in [2.45, 2.75) is 25.4 Å². The fourth-order valence-corrected chi connectivity index (χ4v) is 2.17. The molecule has 0 aromatic carbocycles. The molecule has 2 heterocycles. The van der Waals surface area contributed by atoms with E-state index in [2.05, 4.69) is 10.6 Å². The van der Waals surface area contributed by atoms with E-state index in [4.69, 9.17) is 0 Å². The topological polar surface area (TPSA) is 41.1 Å². The van der Waals surface area contributed by atoms with Gasteiger partial charge in [-0.05, 0) is 31.3 Å². The predicted molar refractivity (Wildman–Crippen MR) is 64.5 cm³/mol. The Kier molecular flexibility index (Phi) is 4.57. The lowest BCUT2D eigenvalue weighted by atomic mass is 10.1. The average molecular weight is 247 g/mol. The minimum absolute atomic E-state index is 0. The fraction of sp³-hybridized carbons (Fsp3) is 0.500. The summed E-state index contributed by atoms with van der Waals surface area (Å²) in [6.07, 6.45) is 0.961. The molecule has 1 aliphatic rings. The van der Waals surface area contributed by atoms with Crippen molar-refractivity contribution in [3.05, 3.63) is 22.4 Å². The standard InChI is InChI=1S/C10H14N2OS.ClH/c1-7(9-3-2-6-14-9)12-10(13)8-4-5-11-8;/h2-3,6-8,11H,4-5H2,1H3,(H,12,13);1H/t7?,8-;/m1./s1. The Labute approximate surface area is 99.7 Å². The molecular weight excluding hydrogens is 232 g/mol. The summed E-state index contributed by atoms with van der Waals surface area (Å²) in [5.74, 6) is 0.122. The van der Waals surface area contributed by atoms with Crippen LogP contribution in [-0.2, 0) is 4.79 Å². The second-order valence-corrected chi connectivity index (χ2v) is 4.52. The molecule has 0 aliphatic carbocycles. The number of hydrogen-bond donors (Lipinski definition) is 2. The number of nitrogens with one attached hydrogen (secondary N) is 2. The minimum Gasteiger partial charge on any atom is -0.347 e. The first-order valence-electron chi connectivity index (χ1n) is 4.84. The third-order valence-corrected chi connectivity index (χ3v) is 3.52. The maximum Gasteiger partial charge on any atom is 0.237 e. The van der Waals surface area contributed by atoms with Crippen LogP contribution in [0.1, 0.15) is 24.3 Å². The van der Waals surface area contributed by atoms with Gasteiger partial charge in [-0.25, -0.2) is 0 Å². The van der Waals surface area contributed by atoms with Crippen LogP contribution in [-0.4, -0.2) is 18.5 Å². The molecule has 1 amide bonds. The van der Waals surface area contributed by atoms with Crippen LogP contribution in [0.2, 0.25) is 0 Å². The SMILES string of the molecule is CC(NC(=O)[C@H]1CCN1)c1cccs1.Cl. The predicted octanol–water partition coefficient (Wildman–Crippen LogP) is 1.71. The van der Waals surface area contributed by atoms with Crippen LogP contribution in [0.15, 0.2) is 17.5 Å². The van der Waals surface area contributed by atoms with E-state index in [1.807, 2.05) is 24.4 Å². The smallest absolute Gasteiger partial charge is 0.237 e. The molecule has 1 aromatic rings. The van der Waals surface area contributed by atoms with Crippen LogP contribution in [0, 0.1) is 0 Å². The maximum absolute atomic E-state index is 11.6. The molecule has 1 saturated heterocycles. The first-order valence-corrected chi connectivity index (χ1v) is 5.72. The van der Waals surface area contributed by atoms with E-state index >= 15 is 0 Å². The number of amides is 1. The molecule has 84 valence electrons. The monoisotopic (exact) mass is 246 g/mol. The summed E-state index contributed by atoms with van der Waals surface area (Å²) in [5.41, 5.74) is 0. The summed E-state index contributed by atoms with van der Waals surface area (Å²) in [6, 6.07) is 4.22. The molecular formula is C10H15ClN2OS. The van der Waals surface area contributed by atoms with Crippen molar-refractivity contribution < 1.29 is 4.79 Å². The number of carbonyl (C=O) groups is 1. The van der Waals surface area contributed by atoms with E-state index in [1.165, 1.54) is 4.88 Å². The van der Waals surface area contributed by atoms with Gasteiger partial charge in [-0.2, -0.15) is 0 Å². The van der Waals surface area contributed by atoms with Crippen molar-refractivity contribution in [1.82, 2.24) is 10.6 Å². The quantitative estimate of drug-likeness (QED) is 0.853. The molecule has 1 fully saturated rings. The summed E-state index contributed by atoms with van der Waals surface area (Å²) in [4.78, 5) is 12.8. The molecule has 5 heteroatoms. The molecule has 3 nitrogen and oxygen atoms in total. The zero-order valence-corrected chi connectivity index (χ0v) is 10.2. The zero-order valence-electron chi connectivity index (χ0n) is 8.53. The van der Waals surface area contributed by atoms with Crippen LogP contribution >= 0.6 is 23.7 Å². The van der Waals surface area contributed by atoms with Crippen LogP contribution in [0.3, 0.4) is 0 Å². The van der Waals surface area contributed by atoms with Gasteiger partial charge in [0.2, 0.25) is 5.91 Å². The Morgan fingerprint density at radius 3 is 2.93 bits per heavy atom. The van der Waals surface area contributed by atoms with Gasteiger partial charge < -0.3 is 10.6 Å². The highest BCUT2D eigenvalue weighted by molar-refractivity contribution is 7.10. The van der Waals surface area contributed by atoms with Crippen LogP contribution in [0.25, 0.3) is 0 Å². The van der Waals surface area contributed by atoms with Gasteiger partial charge in [0.25, 0.3) is 0 Å². The van der Waals surface area contributed by atoms with Gasteiger partial charge in [0, 0.05) is 4.88 Å². The Bertz CT molecular complexity index is 311. The Balaban J connectivity index is 0.00000112. The molecule has 15 heavy (non-hydrogen) atoms. The largest absolute Gasteiger partial charge is 0.347 e. The van der Waals surface area contributed by atoms with Crippen molar-refractivity contribution in [3.63, 3.8) is 0 Å². The third-order valence-electron chi connectivity index (χ3n) is 2.47. The fourth-order valence-electron chi connectivity index (χ4n) is 1.44. The summed E-state index contributed by atoms with van der Waals surface area (Å²) >= 11 is 1.68. The molecule has 1 aliphatic heterocycles. The highest BCUT2D eigenvalue weighted by Crippen LogP contribution is 2.18. The van der Waals surface area contributed by atoms with E-state index in [0.29, 0.717) is 0 Å². The third kappa shape index (κ3) is 2.93. The lowest BCUT2D eigenvalue weighted by Crippen LogP contribution is -2.53. The minimum atomic E-state index is 0. The highest BCUT2D eigenvalue weighted by atomic mass is 35.5. The van der Waals surface area contributed by atoms with Crippen molar-refractivity contribution in [2.24, 2.45) is 0 Å². The Morgan fingerprint density at radius 2 is 2.47 bits per heavy atom. The van der Waals surface area contributed by atoms with Gasteiger partial charge in [0.1, 0.15) is 0 Å². The van der Waals surface area contributed by atoms with Crippen molar-refractivity contribution in [3.8, 4) is 0 Å². The first kappa shape index (κ1) is 12.5. The first-order chi connectivity index (χ1) is 6.77. The van der Waals surface area contributed by atoms with Gasteiger partial charge >= 0.3 is 0 Å². The zero-order chi connectivity index (χ0) is 9.97. The number of rotatable bonds is 3. The summed E-state index contributed by atoms with van der Waals surface area (Å²) in [7, 11) is 0. The number of halogens is 1. The van der Waals surface area contributed by atoms with E-state index < -0.39 is 0 Å². The van der Waals surface area contributed by atoms with Crippen molar-refractivity contribution >= 4 is 29.7 Å². The molecule has 2 atom stereocenters. The van der Waals surface area contributed by atoms with Gasteiger partial charge in [-0.3, -0.25) is 4.79 Å². The Hall–Kier alpha value is -0.580. The lowest BCUT2D eigenvalue weighted by Gasteiger charge is -2.27. The molecule has 0 bridgehead atoms. The molecule has 0 saturated carbocycles. The molecule has 2 N–H and O–H groups in total. The van der Waals surface area contributed by atoms with Gasteiger partial charge in [0.15, 0.2) is 0 Å². The number of hydrogen-bond acceptors (Lipinski definition) is 3. The van der Waals surface area contributed by atoms with Crippen LogP contribution in [0.4, 0.5) is 0 Å². The normalized spacial score (nSPS) is 21.0. The summed E-state index contributed by atoms with van der Waals surface area (Å²) in [6.45, 7) is 2.98. The number of thiophene rings is 1. The molecule has 2 rings (SSSR count). The van der Waals surface area contributed by atoms with E-state index in [9.17, 15) is 4.79 Å². The van der Waals surface area contributed by atoms with Gasteiger partial charge in [-0.1, -0.05) is 6.07 Å². The van der Waals surface area contributed by atoms with Crippen molar-refractivity contribution in [1.29, 1.82) is 0 Å². The van der Waals surface area contributed by atoms with Crippen LogP contribution < -0.4 is 10.6 Å². The van der Waals surface area contributed by atoms with E-state index in [0.717, 1.165) is 13.0 Å². The summed E-state index contributed by atoms with van der Waals surface area (Å²) in [5, 5.41) is 8.11. The summed E-state index contributed by atoms with van der Waals surface area (Å²) < 4.78 is 0. The highest BCUT2D eigenvalue weighted by Gasteiger charge is 2.25. The Morgan fingerprint density at radius 1 is 1.73 bits per heavy atom. The van der Waals surface area contributed by atoms with E-state index in [1.54, 1.807) is 11.3 Å². The second kappa shape index (κ2) is 5.49. The molecule has 0 radical (unpaired) electrons. The maximum atomic E-state index is 11.6. The second-order valence-electron chi connectivity index (χ2n) is 3.54. The molecule has 0 spiro atoms. The van der Waals surface area contributed by atoms with E-state index in [-0.39, 0.29) is 30.4 Å². The van der Waals surface area contributed by atoms with Gasteiger partial charge in [-0.15, -0.1) is 23.7 Å². The van der Waals surface area contributed by atoms with Gasteiger partial charge in [0.05, 0.1) is 12.1 Å². The molecule has 1 aromatic heterocycles. The molecule has 1 unspecified atom stereocenters. The van der Waals surface area contributed by atoms with Crippen LogP contribution in [0.5, 0.6) is 0 Å². The number of carbonyl (C=O) groups excluding carboxylic acids is 1.